The summed E-state index contributed by atoms with van der Waals surface area (Å²) in [5, 5.41) is 0. The van der Waals surface area contributed by atoms with Gasteiger partial charge in [-0.2, -0.15) is 0 Å². The molecule has 1 unspecified atom stereocenters. The Morgan fingerprint density at radius 1 is 1.64 bits per heavy atom. The Morgan fingerprint density at radius 3 is 2.93 bits per heavy atom. The molecule has 0 aliphatic heterocycles. The molecule has 0 radical (unpaired) electrons. The van der Waals surface area contributed by atoms with Gasteiger partial charge in [-0.25, -0.2) is 0 Å². The molecule has 0 heterocycles. The summed E-state index contributed by atoms with van der Waals surface area (Å²) in [7, 11) is 0. The molecular formula is C12H20O2. The quantitative estimate of drug-likeness (QED) is 0.384. The highest BCUT2D eigenvalue weighted by Gasteiger charge is 2.16. The minimum absolute atomic E-state index is 0.528. The lowest BCUT2D eigenvalue weighted by Gasteiger charge is -2.24. The number of rotatable bonds is 5. The molecule has 0 spiro atoms. The molecule has 2 heteroatoms. The van der Waals surface area contributed by atoms with Crippen molar-refractivity contribution in [3.63, 3.8) is 0 Å². The Morgan fingerprint density at radius 2 is 2.43 bits per heavy atom. The van der Waals surface area contributed by atoms with E-state index in [1.807, 2.05) is 0 Å². The minimum Gasteiger partial charge on any atom is -0.468 e. The van der Waals surface area contributed by atoms with E-state index in [1.165, 1.54) is 24.8 Å². The van der Waals surface area contributed by atoms with Crippen molar-refractivity contribution in [1.82, 2.24) is 0 Å². The van der Waals surface area contributed by atoms with Crippen LogP contribution in [0.1, 0.15) is 39.5 Å². The molecule has 14 heavy (non-hydrogen) atoms. The summed E-state index contributed by atoms with van der Waals surface area (Å²) in [4.78, 5) is 9.95. The first-order valence-electron chi connectivity index (χ1n) is 5.47. The van der Waals surface area contributed by atoms with E-state index in [2.05, 4.69) is 24.7 Å². The summed E-state index contributed by atoms with van der Waals surface area (Å²) < 4.78 is 4.69. The van der Waals surface area contributed by atoms with E-state index in [0.29, 0.717) is 13.1 Å². The Balaban J connectivity index is 2.26. The van der Waals surface area contributed by atoms with Gasteiger partial charge in [-0.3, -0.25) is 4.79 Å². The predicted octanol–water partition coefficient (Wildman–Crippen LogP) is 2.93. The Labute approximate surface area is 86.3 Å². The van der Waals surface area contributed by atoms with E-state index in [4.69, 9.17) is 0 Å². The van der Waals surface area contributed by atoms with Gasteiger partial charge in [-0.05, 0) is 31.1 Å². The van der Waals surface area contributed by atoms with Crippen molar-refractivity contribution >= 4 is 6.47 Å². The second-order valence-corrected chi connectivity index (χ2v) is 4.36. The predicted molar refractivity (Wildman–Crippen MR) is 56.9 cm³/mol. The summed E-state index contributed by atoms with van der Waals surface area (Å²) in [6, 6.07) is 0. The highest BCUT2D eigenvalue weighted by Crippen LogP contribution is 2.30. The van der Waals surface area contributed by atoms with Crippen molar-refractivity contribution in [1.29, 1.82) is 0 Å². The van der Waals surface area contributed by atoms with Crippen LogP contribution in [-0.2, 0) is 9.53 Å². The van der Waals surface area contributed by atoms with Gasteiger partial charge >= 0.3 is 0 Å². The van der Waals surface area contributed by atoms with Crippen LogP contribution < -0.4 is 0 Å². The highest BCUT2D eigenvalue weighted by atomic mass is 16.5. The van der Waals surface area contributed by atoms with Gasteiger partial charge in [-0.1, -0.05) is 25.5 Å². The van der Waals surface area contributed by atoms with Crippen molar-refractivity contribution in [3.05, 3.63) is 11.6 Å². The van der Waals surface area contributed by atoms with Crippen molar-refractivity contribution in [2.24, 2.45) is 11.8 Å². The van der Waals surface area contributed by atoms with Crippen LogP contribution in [0.5, 0.6) is 0 Å². The molecule has 80 valence electrons. The maximum atomic E-state index is 9.95. The molecule has 2 nitrogen and oxygen atoms in total. The highest BCUT2D eigenvalue weighted by molar-refractivity contribution is 5.36. The normalized spacial score (nSPS) is 21.9. The van der Waals surface area contributed by atoms with Crippen molar-refractivity contribution in [2.45, 2.75) is 39.5 Å². The summed E-state index contributed by atoms with van der Waals surface area (Å²) in [6.45, 7) is 5.65. The molecule has 1 atom stereocenters. The number of ether oxygens (including phenoxy) is 1. The number of allylic oxidation sites excluding steroid dienone is 1. The van der Waals surface area contributed by atoms with E-state index in [1.54, 1.807) is 0 Å². The number of hydrogen-bond acceptors (Lipinski definition) is 2. The summed E-state index contributed by atoms with van der Waals surface area (Å²) >= 11 is 0. The van der Waals surface area contributed by atoms with Gasteiger partial charge in [0, 0.05) is 6.42 Å². The first kappa shape index (κ1) is 11.3. The average Bonchev–Trinajstić information content (AvgIpc) is 2.19. The van der Waals surface area contributed by atoms with E-state index in [0.717, 1.165) is 18.3 Å². The van der Waals surface area contributed by atoms with Gasteiger partial charge in [0.2, 0.25) is 0 Å². The Hall–Kier alpha value is -0.790. The van der Waals surface area contributed by atoms with Crippen LogP contribution in [0, 0.1) is 11.8 Å². The zero-order valence-electron chi connectivity index (χ0n) is 9.16. The second-order valence-electron chi connectivity index (χ2n) is 4.36. The molecule has 0 amide bonds. The smallest absolute Gasteiger partial charge is 0.293 e. The standard InChI is InChI=1S/C12H20O2/c1-10(2)12-5-3-11(4-6-12)7-8-14-9-13/h3,9-10,12H,4-8H2,1-2H3. The summed E-state index contributed by atoms with van der Waals surface area (Å²) in [5.41, 5.74) is 1.46. The number of carbonyl (C=O) groups is 1. The van der Waals surface area contributed by atoms with Crippen molar-refractivity contribution < 1.29 is 9.53 Å². The lowest BCUT2D eigenvalue weighted by Crippen LogP contribution is -2.12. The van der Waals surface area contributed by atoms with Crippen LogP contribution >= 0.6 is 0 Å². The van der Waals surface area contributed by atoms with Crippen LogP contribution in [0.15, 0.2) is 11.6 Å². The van der Waals surface area contributed by atoms with Crippen LogP contribution in [0.25, 0.3) is 0 Å². The Kier molecular flexibility index (Phi) is 4.71. The molecule has 1 aliphatic rings. The molecule has 0 saturated carbocycles. The Bertz CT molecular complexity index is 206. The number of carbonyl (C=O) groups excluding carboxylic acids is 1. The fourth-order valence-corrected chi connectivity index (χ4v) is 1.98. The zero-order chi connectivity index (χ0) is 10.4. The first-order valence-corrected chi connectivity index (χ1v) is 5.47. The fraction of sp³-hybridized carbons (Fsp3) is 0.750. The third-order valence-electron chi connectivity index (χ3n) is 3.10. The third-order valence-corrected chi connectivity index (χ3v) is 3.10. The lowest BCUT2D eigenvalue weighted by molar-refractivity contribution is -0.128. The molecule has 0 fully saturated rings. The van der Waals surface area contributed by atoms with Crippen LogP contribution in [0.4, 0.5) is 0 Å². The first-order chi connectivity index (χ1) is 6.74. The van der Waals surface area contributed by atoms with Crippen LogP contribution in [-0.4, -0.2) is 13.1 Å². The average molecular weight is 196 g/mol. The van der Waals surface area contributed by atoms with E-state index in [9.17, 15) is 4.79 Å². The van der Waals surface area contributed by atoms with Gasteiger partial charge in [-0.15, -0.1) is 0 Å². The zero-order valence-corrected chi connectivity index (χ0v) is 9.16. The van der Waals surface area contributed by atoms with Gasteiger partial charge in [0.15, 0.2) is 0 Å². The topological polar surface area (TPSA) is 26.3 Å². The molecule has 0 N–H and O–H groups in total. The van der Waals surface area contributed by atoms with Gasteiger partial charge in [0.25, 0.3) is 6.47 Å². The van der Waals surface area contributed by atoms with E-state index < -0.39 is 0 Å². The SMILES string of the molecule is CC(C)C1CC=C(CCOC=O)CC1. The summed E-state index contributed by atoms with van der Waals surface area (Å²) in [5.74, 6) is 1.64. The van der Waals surface area contributed by atoms with E-state index >= 15 is 0 Å². The van der Waals surface area contributed by atoms with Crippen molar-refractivity contribution in [2.75, 3.05) is 6.61 Å². The largest absolute Gasteiger partial charge is 0.468 e. The molecule has 0 saturated heterocycles. The molecule has 0 aromatic heterocycles. The van der Waals surface area contributed by atoms with Gasteiger partial charge in [0.05, 0.1) is 6.61 Å². The summed E-state index contributed by atoms with van der Waals surface area (Å²) in [6.07, 6.45) is 6.94. The second kappa shape index (κ2) is 5.84. The van der Waals surface area contributed by atoms with Crippen LogP contribution in [0.3, 0.4) is 0 Å². The van der Waals surface area contributed by atoms with Crippen molar-refractivity contribution in [3.8, 4) is 0 Å². The van der Waals surface area contributed by atoms with Gasteiger partial charge in [0.1, 0.15) is 0 Å². The lowest BCUT2D eigenvalue weighted by atomic mass is 9.82. The monoisotopic (exact) mass is 196 g/mol. The van der Waals surface area contributed by atoms with E-state index in [-0.39, 0.29) is 0 Å². The third kappa shape index (κ3) is 3.52. The van der Waals surface area contributed by atoms with Gasteiger partial charge < -0.3 is 4.74 Å². The maximum absolute atomic E-state index is 9.95. The number of hydrogen-bond donors (Lipinski definition) is 0. The van der Waals surface area contributed by atoms with Crippen LogP contribution in [0.2, 0.25) is 0 Å². The fourth-order valence-electron chi connectivity index (χ4n) is 1.98. The molecule has 0 bridgehead atoms. The molecule has 1 rings (SSSR count). The molecule has 1 aliphatic carbocycles. The maximum Gasteiger partial charge on any atom is 0.293 e. The molecule has 0 aromatic rings. The molecule has 0 aromatic carbocycles. The molecular weight excluding hydrogens is 176 g/mol. The minimum atomic E-state index is 0.528.